The van der Waals surface area contributed by atoms with Crippen molar-refractivity contribution in [3.05, 3.63) is 52.0 Å². The third-order valence-corrected chi connectivity index (χ3v) is 3.58. The van der Waals surface area contributed by atoms with Crippen LogP contribution in [-0.4, -0.2) is 16.2 Å². The lowest BCUT2D eigenvalue weighted by atomic mass is 10.0. The molecule has 1 heterocycles. The standard InChI is InChI=1S/C14H17NOS/c1-11-2-4-12(5-3-11)6-7-13(16)10-14-15-8-9-17-14/h2-5,8-9,13,16H,6-7,10H2,1H3. The molecule has 0 radical (unpaired) electrons. The van der Waals surface area contributed by atoms with Gasteiger partial charge in [-0.05, 0) is 25.3 Å². The number of aliphatic hydroxyl groups excluding tert-OH is 1. The average molecular weight is 247 g/mol. The summed E-state index contributed by atoms with van der Waals surface area (Å²) in [6, 6.07) is 8.49. The van der Waals surface area contributed by atoms with Gasteiger partial charge < -0.3 is 5.11 Å². The summed E-state index contributed by atoms with van der Waals surface area (Å²) in [6.07, 6.45) is 3.88. The van der Waals surface area contributed by atoms with E-state index in [9.17, 15) is 5.11 Å². The second kappa shape index (κ2) is 5.94. The number of benzene rings is 1. The van der Waals surface area contributed by atoms with Crippen molar-refractivity contribution >= 4 is 11.3 Å². The third kappa shape index (κ3) is 3.95. The summed E-state index contributed by atoms with van der Waals surface area (Å²) in [7, 11) is 0. The minimum atomic E-state index is -0.289. The summed E-state index contributed by atoms with van der Waals surface area (Å²) in [6.45, 7) is 2.08. The molecule has 1 aromatic heterocycles. The molecule has 2 rings (SSSR count). The van der Waals surface area contributed by atoms with Crippen molar-refractivity contribution in [2.75, 3.05) is 0 Å². The molecule has 2 nitrogen and oxygen atoms in total. The lowest BCUT2D eigenvalue weighted by Crippen LogP contribution is -2.11. The van der Waals surface area contributed by atoms with E-state index in [1.54, 1.807) is 17.5 Å². The van der Waals surface area contributed by atoms with Crippen LogP contribution in [0.5, 0.6) is 0 Å². The highest BCUT2D eigenvalue weighted by atomic mass is 32.1. The second-order valence-electron chi connectivity index (χ2n) is 4.31. The lowest BCUT2D eigenvalue weighted by molar-refractivity contribution is 0.165. The van der Waals surface area contributed by atoms with Crippen molar-refractivity contribution in [2.24, 2.45) is 0 Å². The van der Waals surface area contributed by atoms with Crippen molar-refractivity contribution in [2.45, 2.75) is 32.3 Å². The monoisotopic (exact) mass is 247 g/mol. The van der Waals surface area contributed by atoms with Crippen LogP contribution in [0.1, 0.15) is 22.6 Å². The van der Waals surface area contributed by atoms with Gasteiger partial charge in [0, 0.05) is 18.0 Å². The minimum Gasteiger partial charge on any atom is -0.393 e. The van der Waals surface area contributed by atoms with Crippen LogP contribution in [0.2, 0.25) is 0 Å². The zero-order chi connectivity index (χ0) is 12.1. The van der Waals surface area contributed by atoms with Gasteiger partial charge in [-0.1, -0.05) is 29.8 Å². The molecule has 0 saturated carbocycles. The molecule has 3 heteroatoms. The van der Waals surface area contributed by atoms with Gasteiger partial charge in [0.15, 0.2) is 0 Å². The molecule has 1 atom stereocenters. The van der Waals surface area contributed by atoms with Gasteiger partial charge in [0.05, 0.1) is 11.1 Å². The number of aromatic nitrogens is 1. The van der Waals surface area contributed by atoms with Gasteiger partial charge in [-0.3, -0.25) is 0 Å². The molecule has 0 bridgehead atoms. The Morgan fingerprint density at radius 2 is 2.06 bits per heavy atom. The number of thiazole rings is 1. The maximum absolute atomic E-state index is 9.90. The number of nitrogens with zero attached hydrogens (tertiary/aromatic N) is 1. The number of aryl methyl sites for hydroxylation is 2. The normalized spacial score (nSPS) is 12.6. The van der Waals surface area contributed by atoms with E-state index in [1.807, 2.05) is 5.38 Å². The Morgan fingerprint density at radius 3 is 2.71 bits per heavy atom. The van der Waals surface area contributed by atoms with Crippen molar-refractivity contribution < 1.29 is 5.11 Å². The molecule has 0 spiro atoms. The number of hydrogen-bond acceptors (Lipinski definition) is 3. The molecule has 17 heavy (non-hydrogen) atoms. The molecule has 0 fully saturated rings. The molecule has 1 N–H and O–H groups in total. The summed E-state index contributed by atoms with van der Waals surface area (Å²) in [5.74, 6) is 0. The molecular formula is C14H17NOS. The van der Waals surface area contributed by atoms with Crippen molar-refractivity contribution in [3.63, 3.8) is 0 Å². The van der Waals surface area contributed by atoms with E-state index in [4.69, 9.17) is 0 Å². The molecular weight excluding hydrogens is 230 g/mol. The van der Waals surface area contributed by atoms with E-state index in [2.05, 4.69) is 36.2 Å². The van der Waals surface area contributed by atoms with Crippen LogP contribution in [0.25, 0.3) is 0 Å². The van der Waals surface area contributed by atoms with E-state index in [0.29, 0.717) is 6.42 Å². The fourth-order valence-corrected chi connectivity index (χ4v) is 2.43. The Hall–Kier alpha value is -1.19. The SMILES string of the molecule is Cc1ccc(CCC(O)Cc2nccs2)cc1. The Balaban J connectivity index is 1.79. The Bertz CT molecular complexity index is 436. The van der Waals surface area contributed by atoms with E-state index < -0.39 is 0 Å². The van der Waals surface area contributed by atoms with Gasteiger partial charge in [-0.15, -0.1) is 11.3 Å². The van der Waals surface area contributed by atoms with Gasteiger partial charge in [-0.2, -0.15) is 0 Å². The number of aliphatic hydroxyl groups is 1. The highest BCUT2D eigenvalue weighted by Gasteiger charge is 2.07. The molecule has 2 aromatic rings. The maximum atomic E-state index is 9.90. The molecule has 0 saturated heterocycles. The fourth-order valence-electron chi connectivity index (χ4n) is 1.75. The summed E-state index contributed by atoms with van der Waals surface area (Å²) in [5, 5.41) is 12.9. The first-order valence-electron chi connectivity index (χ1n) is 5.86. The van der Waals surface area contributed by atoms with Crippen LogP contribution in [0.4, 0.5) is 0 Å². The first-order valence-corrected chi connectivity index (χ1v) is 6.74. The fraction of sp³-hybridized carbons (Fsp3) is 0.357. The Morgan fingerprint density at radius 1 is 1.29 bits per heavy atom. The van der Waals surface area contributed by atoms with Crippen LogP contribution in [0.3, 0.4) is 0 Å². The number of rotatable bonds is 5. The molecule has 90 valence electrons. The molecule has 1 unspecified atom stereocenters. The Labute approximate surface area is 106 Å². The van der Waals surface area contributed by atoms with Crippen LogP contribution in [-0.2, 0) is 12.8 Å². The number of hydrogen-bond donors (Lipinski definition) is 1. The highest BCUT2D eigenvalue weighted by molar-refractivity contribution is 7.09. The zero-order valence-electron chi connectivity index (χ0n) is 9.97. The summed E-state index contributed by atoms with van der Waals surface area (Å²) in [4.78, 5) is 4.18. The van der Waals surface area contributed by atoms with Crippen LogP contribution in [0.15, 0.2) is 35.8 Å². The molecule has 0 aliphatic heterocycles. The van der Waals surface area contributed by atoms with Gasteiger partial charge in [0.25, 0.3) is 0 Å². The first kappa shape index (κ1) is 12.3. The van der Waals surface area contributed by atoms with Gasteiger partial charge >= 0.3 is 0 Å². The third-order valence-electron chi connectivity index (χ3n) is 2.78. The predicted molar refractivity (Wildman–Crippen MR) is 71.3 cm³/mol. The predicted octanol–water partition coefficient (Wildman–Crippen LogP) is 2.99. The summed E-state index contributed by atoms with van der Waals surface area (Å²) in [5.41, 5.74) is 2.56. The summed E-state index contributed by atoms with van der Waals surface area (Å²) >= 11 is 1.60. The topological polar surface area (TPSA) is 33.1 Å². The average Bonchev–Trinajstić information content (AvgIpc) is 2.81. The zero-order valence-corrected chi connectivity index (χ0v) is 10.8. The maximum Gasteiger partial charge on any atom is 0.0950 e. The largest absolute Gasteiger partial charge is 0.393 e. The van der Waals surface area contributed by atoms with Crippen LogP contribution in [0, 0.1) is 6.92 Å². The van der Waals surface area contributed by atoms with Gasteiger partial charge in [0.2, 0.25) is 0 Å². The molecule has 0 amide bonds. The minimum absolute atomic E-state index is 0.289. The van der Waals surface area contributed by atoms with E-state index in [1.165, 1.54) is 11.1 Å². The van der Waals surface area contributed by atoms with Crippen LogP contribution >= 0.6 is 11.3 Å². The first-order chi connectivity index (χ1) is 8.24. The van der Waals surface area contributed by atoms with E-state index in [-0.39, 0.29) is 6.10 Å². The van der Waals surface area contributed by atoms with Gasteiger partial charge in [0.1, 0.15) is 0 Å². The quantitative estimate of drug-likeness (QED) is 0.881. The second-order valence-corrected chi connectivity index (χ2v) is 5.29. The molecule has 1 aromatic carbocycles. The van der Waals surface area contributed by atoms with Crippen molar-refractivity contribution in [1.82, 2.24) is 4.98 Å². The molecule has 0 aliphatic carbocycles. The lowest BCUT2D eigenvalue weighted by Gasteiger charge is -2.08. The van der Waals surface area contributed by atoms with Crippen molar-refractivity contribution in [3.8, 4) is 0 Å². The van der Waals surface area contributed by atoms with Crippen LogP contribution < -0.4 is 0 Å². The summed E-state index contributed by atoms with van der Waals surface area (Å²) < 4.78 is 0. The highest BCUT2D eigenvalue weighted by Crippen LogP contribution is 2.12. The smallest absolute Gasteiger partial charge is 0.0950 e. The molecule has 0 aliphatic rings. The Kier molecular flexibility index (Phi) is 4.29. The van der Waals surface area contributed by atoms with E-state index >= 15 is 0 Å². The van der Waals surface area contributed by atoms with Crippen molar-refractivity contribution in [1.29, 1.82) is 0 Å². The van der Waals surface area contributed by atoms with Gasteiger partial charge in [-0.25, -0.2) is 4.98 Å². The van der Waals surface area contributed by atoms with E-state index in [0.717, 1.165) is 17.8 Å².